The lowest BCUT2D eigenvalue weighted by atomic mass is 10.4. The summed E-state index contributed by atoms with van der Waals surface area (Å²) >= 11 is 0. The van der Waals surface area contributed by atoms with Gasteiger partial charge in [-0.15, -0.1) is 0 Å². The van der Waals surface area contributed by atoms with Crippen LogP contribution >= 0.6 is 0 Å². The fourth-order valence-corrected chi connectivity index (χ4v) is 2.40. The Hall–Kier alpha value is -0.320. The summed E-state index contributed by atoms with van der Waals surface area (Å²) in [7, 11) is 4.23. The molecule has 0 bridgehead atoms. The number of hydrogen-bond acceptors (Lipinski definition) is 8. The highest BCUT2D eigenvalue weighted by Gasteiger charge is 2.07. The van der Waals surface area contributed by atoms with E-state index in [0.717, 1.165) is 0 Å². The first-order valence-corrected chi connectivity index (χ1v) is 9.74. The fourth-order valence-electron chi connectivity index (χ4n) is 2.40. The smallest absolute Gasteiger partial charge is 0.0558 e. The lowest BCUT2D eigenvalue weighted by Gasteiger charge is -2.25. The van der Waals surface area contributed by atoms with Crippen molar-refractivity contribution in [3.8, 4) is 0 Å². The van der Waals surface area contributed by atoms with Crippen LogP contribution in [0.4, 0.5) is 0 Å². The number of rotatable bonds is 16. The van der Waals surface area contributed by atoms with E-state index in [1.165, 1.54) is 26.2 Å². The summed E-state index contributed by atoms with van der Waals surface area (Å²) in [5, 5.41) is 35.3. The maximum Gasteiger partial charge on any atom is 0.0558 e. The SMILES string of the molecule is CCN(CC)CCN(C)C.OCCN(CCO)CCN(CCO)CCO. The zero-order chi connectivity index (χ0) is 20.2. The summed E-state index contributed by atoms with van der Waals surface area (Å²) in [6.45, 7) is 13.0. The Morgan fingerprint density at radius 2 is 0.769 bits per heavy atom. The number of aliphatic hydroxyl groups excluding tert-OH is 4. The van der Waals surface area contributed by atoms with Gasteiger partial charge in [-0.05, 0) is 27.2 Å². The minimum atomic E-state index is 0.0694. The van der Waals surface area contributed by atoms with Crippen LogP contribution in [0.3, 0.4) is 0 Å². The Labute approximate surface area is 160 Å². The van der Waals surface area contributed by atoms with E-state index in [2.05, 4.69) is 37.7 Å². The summed E-state index contributed by atoms with van der Waals surface area (Å²) in [6, 6.07) is 0. The van der Waals surface area contributed by atoms with Crippen molar-refractivity contribution in [2.24, 2.45) is 0 Å². The fraction of sp³-hybridized carbons (Fsp3) is 1.00. The van der Waals surface area contributed by atoms with Gasteiger partial charge < -0.3 is 30.2 Å². The van der Waals surface area contributed by atoms with Gasteiger partial charge in [0, 0.05) is 52.4 Å². The number of likely N-dealkylation sites (N-methyl/N-ethyl adjacent to an activating group) is 2. The first kappa shape index (κ1) is 27.9. The monoisotopic (exact) mass is 380 g/mol. The van der Waals surface area contributed by atoms with Gasteiger partial charge in [0.15, 0.2) is 0 Å². The zero-order valence-corrected chi connectivity index (χ0v) is 17.5. The highest BCUT2D eigenvalue weighted by atomic mass is 16.3. The van der Waals surface area contributed by atoms with Crippen LogP contribution in [0.1, 0.15) is 13.8 Å². The van der Waals surface area contributed by atoms with Gasteiger partial charge >= 0.3 is 0 Å². The molecule has 0 saturated carbocycles. The largest absolute Gasteiger partial charge is 0.395 e. The van der Waals surface area contributed by atoms with Gasteiger partial charge in [0.2, 0.25) is 0 Å². The average molecular weight is 381 g/mol. The molecule has 0 aliphatic rings. The first-order valence-electron chi connectivity index (χ1n) is 9.74. The second-order valence-corrected chi connectivity index (χ2v) is 6.41. The molecule has 0 atom stereocenters. The van der Waals surface area contributed by atoms with Crippen molar-refractivity contribution < 1.29 is 20.4 Å². The predicted molar refractivity (Wildman–Crippen MR) is 108 cm³/mol. The lowest BCUT2D eigenvalue weighted by Crippen LogP contribution is -2.40. The molecule has 0 spiro atoms. The minimum absolute atomic E-state index is 0.0694. The molecule has 0 radical (unpaired) electrons. The Balaban J connectivity index is 0. The third kappa shape index (κ3) is 18.5. The van der Waals surface area contributed by atoms with E-state index in [0.29, 0.717) is 39.3 Å². The van der Waals surface area contributed by atoms with Crippen molar-refractivity contribution in [3.05, 3.63) is 0 Å². The molecular formula is C18H44N4O4. The van der Waals surface area contributed by atoms with Gasteiger partial charge in [-0.3, -0.25) is 9.80 Å². The molecule has 4 N–H and O–H groups in total. The van der Waals surface area contributed by atoms with E-state index >= 15 is 0 Å². The summed E-state index contributed by atoms with van der Waals surface area (Å²) in [4.78, 5) is 8.54. The minimum Gasteiger partial charge on any atom is -0.395 e. The van der Waals surface area contributed by atoms with Crippen molar-refractivity contribution in [3.63, 3.8) is 0 Å². The summed E-state index contributed by atoms with van der Waals surface area (Å²) < 4.78 is 0. The molecule has 160 valence electrons. The van der Waals surface area contributed by atoms with Crippen LogP contribution < -0.4 is 0 Å². The van der Waals surface area contributed by atoms with Crippen molar-refractivity contribution in [2.75, 3.05) is 106 Å². The van der Waals surface area contributed by atoms with E-state index in [9.17, 15) is 0 Å². The van der Waals surface area contributed by atoms with Crippen LogP contribution in [0.25, 0.3) is 0 Å². The molecule has 8 heteroatoms. The van der Waals surface area contributed by atoms with E-state index in [-0.39, 0.29) is 26.4 Å². The Bertz CT molecular complexity index is 242. The lowest BCUT2D eigenvalue weighted by molar-refractivity contribution is 0.121. The van der Waals surface area contributed by atoms with E-state index < -0.39 is 0 Å². The quantitative estimate of drug-likeness (QED) is 0.256. The molecule has 0 aliphatic carbocycles. The molecule has 0 aromatic heterocycles. The van der Waals surface area contributed by atoms with Crippen LogP contribution in [-0.2, 0) is 0 Å². The molecule has 8 nitrogen and oxygen atoms in total. The van der Waals surface area contributed by atoms with Crippen molar-refractivity contribution >= 4 is 0 Å². The Morgan fingerprint density at radius 3 is 1.00 bits per heavy atom. The summed E-state index contributed by atoms with van der Waals surface area (Å²) in [5.74, 6) is 0. The number of aliphatic hydroxyl groups is 4. The molecule has 0 aromatic carbocycles. The average Bonchev–Trinajstić information content (AvgIpc) is 2.61. The van der Waals surface area contributed by atoms with Gasteiger partial charge in [-0.2, -0.15) is 0 Å². The zero-order valence-electron chi connectivity index (χ0n) is 17.5. The molecular weight excluding hydrogens is 336 g/mol. The molecule has 0 heterocycles. The van der Waals surface area contributed by atoms with E-state index in [4.69, 9.17) is 20.4 Å². The topological polar surface area (TPSA) is 93.9 Å². The molecule has 0 amide bonds. The van der Waals surface area contributed by atoms with Crippen LogP contribution in [0.15, 0.2) is 0 Å². The Morgan fingerprint density at radius 1 is 0.462 bits per heavy atom. The molecule has 0 aliphatic heterocycles. The van der Waals surface area contributed by atoms with Gasteiger partial charge in [-0.25, -0.2) is 0 Å². The second-order valence-electron chi connectivity index (χ2n) is 6.41. The predicted octanol–water partition coefficient (Wildman–Crippen LogP) is -1.55. The summed E-state index contributed by atoms with van der Waals surface area (Å²) in [6.07, 6.45) is 0. The number of nitrogens with zero attached hydrogens (tertiary/aromatic N) is 4. The third-order valence-corrected chi connectivity index (χ3v) is 4.16. The Kier molecular flexibility index (Phi) is 22.5. The van der Waals surface area contributed by atoms with Gasteiger partial charge in [0.25, 0.3) is 0 Å². The van der Waals surface area contributed by atoms with Gasteiger partial charge in [-0.1, -0.05) is 13.8 Å². The molecule has 0 saturated heterocycles. The van der Waals surface area contributed by atoms with Crippen molar-refractivity contribution in [2.45, 2.75) is 13.8 Å². The third-order valence-electron chi connectivity index (χ3n) is 4.16. The van der Waals surface area contributed by atoms with Crippen LogP contribution in [-0.4, -0.2) is 146 Å². The number of hydrogen-bond donors (Lipinski definition) is 4. The van der Waals surface area contributed by atoms with Crippen LogP contribution in [0.5, 0.6) is 0 Å². The maximum absolute atomic E-state index is 8.82. The van der Waals surface area contributed by atoms with Crippen molar-refractivity contribution in [1.82, 2.24) is 19.6 Å². The van der Waals surface area contributed by atoms with Crippen LogP contribution in [0, 0.1) is 0 Å². The summed E-state index contributed by atoms with van der Waals surface area (Å²) in [5.41, 5.74) is 0. The van der Waals surface area contributed by atoms with Crippen LogP contribution in [0.2, 0.25) is 0 Å². The molecule has 0 aromatic rings. The van der Waals surface area contributed by atoms with Crippen molar-refractivity contribution in [1.29, 1.82) is 0 Å². The van der Waals surface area contributed by atoms with Gasteiger partial charge in [0.1, 0.15) is 0 Å². The second kappa shape index (κ2) is 21.0. The molecule has 0 rings (SSSR count). The standard InChI is InChI=1S/C10H24N2O4.C8H20N2/c13-7-3-11(4-8-14)1-2-12(5-9-15)6-10-16;1-5-10(6-2)8-7-9(3)4/h13-16H,1-10H2;5-8H2,1-4H3. The molecule has 0 fully saturated rings. The highest BCUT2D eigenvalue weighted by Crippen LogP contribution is 1.92. The highest BCUT2D eigenvalue weighted by molar-refractivity contribution is 4.63. The van der Waals surface area contributed by atoms with E-state index in [1.54, 1.807) is 0 Å². The first-order chi connectivity index (χ1) is 12.5. The molecule has 26 heavy (non-hydrogen) atoms. The normalized spacial score (nSPS) is 11.5. The van der Waals surface area contributed by atoms with Gasteiger partial charge in [0.05, 0.1) is 26.4 Å². The van der Waals surface area contributed by atoms with E-state index in [1.807, 2.05) is 9.80 Å². The molecule has 0 unspecified atom stereocenters. The maximum atomic E-state index is 8.82.